The third kappa shape index (κ3) is 18.4. The summed E-state index contributed by atoms with van der Waals surface area (Å²) in [5.41, 5.74) is 0. The van der Waals surface area contributed by atoms with Gasteiger partial charge in [0, 0.05) is 39.3 Å². The van der Waals surface area contributed by atoms with Gasteiger partial charge in [0.2, 0.25) is 11.8 Å². The molecule has 1 rings (SSSR count). The summed E-state index contributed by atoms with van der Waals surface area (Å²) >= 11 is 0. The number of amides is 2. The molecule has 1 saturated heterocycles. The molecule has 2 amide bonds. The quantitative estimate of drug-likeness (QED) is 0.281. The molecule has 212 valence electrons. The Morgan fingerprint density at radius 1 is 0.972 bits per heavy atom. The van der Waals surface area contributed by atoms with Gasteiger partial charge in [0.15, 0.2) is 0 Å². The molecule has 8 heteroatoms. The number of nitrogens with zero attached hydrogens (tertiary/aromatic N) is 1. The highest BCUT2D eigenvalue weighted by Crippen LogP contribution is 2.18. The molecule has 0 aromatic rings. The summed E-state index contributed by atoms with van der Waals surface area (Å²) in [5, 5.41) is 5.75. The standard InChI is InChI=1S/C19H33N3O4.C6H14O.C3H8/c1-14(2)21-17(23)13-15(18(24)22-11-7-8-12-22)9-5-6-10-16(20-3)19(25)26-4;1-4-6(2)5-7-3;1-3-2/h5-6,14-16,20H,7-13H2,1-4H3,(H,21,23);6H,4-5H2,1-3H3;3H2,1-2H3/b6-5-;;. The van der Waals surface area contributed by atoms with Crippen molar-refractivity contribution in [3.05, 3.63) is 12.2 Å². The van der Waals surface area contributed by atoms with E-state index in [9.17, 15) is 14.4 Å². The lowest BCUT2D eigenvalue weighted by molar-refractivity contribution is -0.142. The summed E-state index contributed by atoms with van der Waals surface area (Å²) < 4.78 is 9.62. The van der Waals surface area contributed by atoms with Crippen LogP contribution in [0, 0.1) is 11.8 Å². The number of esters is 1. The van der Waals surface area contributed by atoms with E-state index in [1.165, 1.54) is 20.0 Å². The van der Waals surface area contributed by atoms with Crippen LogP contribution in [-0.4, -0.2) is 75.7 Å². The maximum absolute atomic E-state index is 12.7. The van der Waals surface area contributed by atoms with Crippen molar-refractivity contribution >= 4 is 17.8 Å². The summed E-state index contributed by atoms with van der Waals surface area (Å²) in [4.78, 5) is 38.3. The summed E-state index contributed by atoms with van der Waals surface area (Å²) in [6.45, 7) is 14.9. The molecule has 0 aromatic carbocycles. The topological polar surface area (TPSA) is 97.0 Å². The van der Waals surface area contributed by atoms with Crippen LogP contribution in [0.3, 0.4) is 0 Å². The number of likely N-dealkylation sites (tertiary alicyclic amines) is 1. The van der Waals surface area contributed by atoms with Crippen molar-refractivity contribution in [3.8, 4) is 0 Å². The lowest BCUT2D eigenvalue weighted by Gasteiger charge is -2.22. The Morgan fingerprint density at radius 3 is 1.94 bits per heavy atom. The van der Waals surface area contributed by atoms with Crippen molar-refractivity contribution in [1.29, 1.82) is 0 Å². The fourth-order valence-corrected chi connectivity index (χ4v) is 3.44. The molecule has 0 aromatic heterocycles. The number of likely N-dealkylation sites (N-methyl/N-ethyl adjacent to an activating group) is 1. The molecule has 8 nitrogen and oxygen atoms in total. The van der Waals surface area contributed by atoms with Crippen molar-refractivity contribution in [2.45, 2.75) is 98.6 Å². The summed E-state index contributed by atoms with van der Waals surface area (Å²) in [5.74, 6) is -0.0183. The third-order valence-electron chi connectivity index (χ3n) is 5.59. The molecule has 2 N–H and O–H groups in total. The first-order chi connectivity index (χ1) is 17.1. The lowest BCUT2D eigenvalue weighted by Crippen LogP contribution is -2.38. The molecule has 3 atom stereocenters. The van der Waals surface area contributed by atoms with E-state index in [0.29, 0.717) is 12.8 Å². The summed E-state index contributed by atoms with van der Waals surface area (Å²) in [6, 6.07) is -0.356. The van der Waals surface area contributed by atoms with Crippen LogP contribution < -0.4 is 10.6 Å². The van der Waals surface area contributed by atoms with Crippen molar-refractivity contribution in [3.63, 3.8) is 0 Å². The van der Waals surface area contributed by atoms with E-state index in [0.717, 1.165) is 38.5 Å². The Morgan fingerprint density at radius 2 is 1.53 bits per heavy atom. The minimum absolute atomic E-state index is 0.0455. The summed E-state index contributed by atoms with van der Waals surface area (Å²) in [6.07, 6.45) is 9.41. The van der Waals surface area contributed by atoms with Crippen molar-refractivity contribution in [1.82, 2.24) is 15.5 Å². The molecule has 1 heterocycles. The van der Waals surface area contributed by atoms with Crippen LogP contribution in [0.5, 0.6) is 0 Å². The highest BCUT2D eigenvalue weighted by Gasteiger charge is 2.27. The van der Waals surface area contributed by atoms with E-state index >= 15 is 0 Å². The second-order valence-corrected chi connectivity index (χ2v) is 9.64. The molecule has 0 aliphatic carbocycles. The van der Waals surface area contributed by atoms with Gasteiger partial charge in [-0.3, -0.25) is 14.4 Å². The number of ether oxygens (including phenoxy) is 2. The van der Waals surface area contributed by atoms with Gasteiger partial charge in [-0.05, 0) is 52.5 Å². The molecule has 1 aliphatic heterocycles. The van der Waals surface area contributed by atoms with Crippen molar-refractivity contribution in [2.24, 2.45) is 11.8 Å². The number of carbonyl (C=O) groups is 3. The Hall–Kier alpha value is -1.93. The first-order valence-corrected chi connectivity index (χ1v) is 13.6. The van der Waals surface area contributed by atoms with Crippen LogP contribution in [0.1, 0.15) is 86.5 Å². The van der Waals surface area contributed by atoms with Gasteiger partial charge in [-0.25, -0.2) is 0 Å². The monoisotopic (exact) mass is 513 g/mol. The predicted octanol–water partition coefficient (Wildman–Crippen LogP) is 4.33. The zero-order valence-corrected chi connectivity index (χ0v) is 24.5. The number of methoxy groups -OCH3 is 2. The van der Waals surface area contributed by atoms with E-state index in [4.69, 9.17) is 9.47 Å². The van der Waals surface area contributed by atoms with E-state index in [1.807, 2.05) is 30.9 Å². The van der Waals surface area contributed by atoms with Gasteiger partial charge in [0.25, 0.3) is 0 Å². The highest BCUT2D eigenvalue weighted by atomic mass is 16.5. The van der Waals surface area contributed by atoms with Gasteiger partial charge in [-0.2, -0.15) is 0 Å². The van der Waals surface area contributed by atoms with Crippen LogP contribution >= 0.6 is 0 Å². The van der Waals surface area contributed by atoms with Crippen LogP contribution in [0.2, 0.25) is 0 Å². The largest absolute Gasteiger partial charge is 0.468 e. The molecular formula is C28H55N3O5. The van der Waals surface area contributed by atoms with E-state index < -0.39 is 6.04 Å². The number of allylic oxidation sites excluding steroid dienone is 1. The van der Waals surface area contributed by atoms with Gasteiger partial charge in [0.1, 0.15) is 6.04 Å². The van der Waals surface area contributed by atoms with Crippen molar-refractivity contribution < 1.29 is 23.9 Å². The third-order valence-corrected chi connectivity index (χ3v) is 5.59. The average Bonchev–Trinajstić information content (AvgIpc) is 3.38. The van der Waals surface area contributed by atoms with Gasteiger partial charge < -0.3 is 25.0 Å². The van der Waals surface area contributed by atoms with Gasteiger partial charge in [-0.1, -0.05) is 52.7 Å². The molecule has 36 heavy (non-hydrogen) atoms. The lowest BCUT2D eigenvalue weighted by atomic mass is 9.98. The Bertz CT molecular complexity index is 604. The first kappa shape index (κ1) is 36.2. The number of hydrogen-bond acceptors (Lipinski definition) is 6. The SMILES string of the molecule is CCC.CCC(C)COC.CNC(C/C=C\CC(CC(=O)NC(C)C)C(=O)N1CCCC1)C(=O)OC. The van der Waals surface area contributed by atoms with Crippen LogP contribution in [0.25, 0.3) is 0 Å². The van der Waals surface area contributed by atoms with Crippen LogP contribution in [-0.2, 0) is 23.9 Å². The average molecular weight is 514 g/mol. The fourth-order valence-electron chi connectivity index (χ4n) is 3.44. The Balaban J connectivity index is 0. The molecule has 0 radical (unpaired) electrons. The van der Waals surface area contributed by atoms with Gasteiger partial charge in [-0.15, -0.1) is 0 Å². The second kappa shape index (κ2) is 23.5. The molecular weight excluding hydrogens is 458 g/mol. The maximum Gasteiger partial charge on any atom is 0.323 e. The number of hydrogen-bond donors (Lipinski definition) is 2. The number of nitrogens with one attached hydrogen (secondary N) is 2. The Kier molecular flexibility index (Phi) is 23.6. The first-order valence-electron chi connectivity index (χ1n) is 13.6. The van der Waals surface area contributed by atoms with Gasteiger partial charge in [0.05, 0.1) is 13.0 Å². The zero-order valence-electron chi connectivity index (χ0n) is 24.5. The second-order valence-electron chi connectivity index (χ2n) is 9.64. The van der Waals surface area contributed by atoms with E-state index in [2.05, 4.69) is 38.3 Å². The molecule has 0 bridgehead atoms. The number of carbonyl (C=O) groups excluding carboxylic acids is 3. The highest BCUT2D eigenvalue weighted by molar-refractivity contribution is 5.86. The molecule has 0 saturated carbocycles. The van der Waals surface area contributed by atoms with Gasteiger partial charge >= 0.3 is 5.97 Å². The minimum atomic E-state index is -0.409. The molecule has 1 fully saturated rings. The van der Waals surface area contributed by atoms with Crippen LogP contribution in [0.4, 0.5) is 0 Å². The minimum Gasteiger partial charge on any atom is -0.468 e. The zero-order chi connectivity index (χ0) is 27.9. The predicted molar refractivity (Wildman–Crippen MR) is 148 cm³/mol. The normalized spacial score (nSPS) is 15.3. The smallest absolute Gasteiger partial charge is 0.323 e. The fraction of sp³-hybridized carbons (Fsp3) is 0.821. The van der Waals surface area contributed by atoms with Crippen LogP contribution in [0.15, 0.2) is 12.2 Å². The number of rotatable bonds is 13. The van der Waals surface area contributed by atoms with E-state index in [-0.39, 0.29) is 36.2 Å². The summed E-state index contributed by atoms with van der Waals surface area (Å²) in [7, 11) is 4.80. The molecule has 3 unspecified atom stereocenters. The molecule has 1 aliphatic rings. The Labute approximate surface area is 220 Å². The molecule has 0 spiro atoms. The van der Waals surface area contributed by atoms with E-state index in [1.54, 1.807) is 14.2 Å². The van der Waals surface area contributed by atoms with Crippen molar-refractivity contribution in [2.75, 3.05) is 41.0 Å². The maximum atomic E-state index is 12.7.